The number of benzene rings is 1. The molecule has 3 heterocycles. The Labute approximate surface area is 202 Å². The number of pyridine rings is 1. The van der Waals surface area contributed by atoms with Crippen LogP contribution in [-0.4, -0.2) is 65.5 Å². The SMILES string of the molecule is C=N/C(=C\c1cc(-c2cnn(C(F)F)c2)ccc1C)NC(=O)c1ccnc(N2CCN(C)CC2)c1. The first-order valence-corrected chi connectivity index (χ1v) is 11.2. The van der Waals surface area contributed by atoms with Gasteiger partial charge in [0.25, 0.3) is 5.91 Å². The molecule has 0 bridgehead atoms. The summed E-state index contributed by atoms with van der Waals surface area (Å²) >= 11 is 0. The molecule has 4 rings (SSSR count). The number of nitrogens with zero attached hydrogens (tertiary/aromatic N) is 6. The third kappa shape index (κ3) is 5.78. The highest BCUT2D eigenvalue weighted by molar-refractivity contribution is 5.96. The largest absolute Gasteiger partial charge is 0.354 e. The molecular formula is C25H27F2N7O. The van der Waals surface area contributed by atoms with E-state index in [1.54, 1.807) is 24.4 Å². The van der Waals surface area contributed by atoms with Gasteiger partial charge in [-0.2, -0.15) is 13.9 Å². The van der Waals surface area contributed by atoms with Gasteiger partial charge in [0.05, 0.1) is 6.20 Å². The number of aromatic nitrogens is 3. The van der Waals surface area contributed by atoms with Gasteiger partial charge in [-0.3, -0.25) is 4.79 Å². The van der Waals surface area contributed by atoms with Crippen molar-refractivity contribution >= 4 is 24.5 Å². The fourth-order valence-electron chi connectivity index (χ4n) is 3.79. The van der Waals surface area contributed by atoms with Crippen molar-refractivity contribution in [3.8, 4) is 11.1 Å². The highest BCUT2D eigenvalue weighted by Crippen LogP contribution is 2.25. The van der Waals surface area contributed by atoms with Crippen molar-refractivity contribution < 1.29 is 13.6 Å². The number of hydrogen-bond donors (Lipinski definition) is 1. The van der Waals surface area contributed by atoms with Crippen LogP contribution in [0.1, 0.15) is 28.0 Å². The first-order valence-electron chi connectivity index (χ1n) is 11.2. The zero-order valence-corrected chi connectivity index (χ0v) is 19.7. The lowest BCUT2D eigenvalue weighted by Gasteiger charge is -2.33. The van der Waals surface area contributed by atoms with Crippen LogP contribution < -0.4 is 10.2 Å². The number of alkyl halides is 2. The normalized spacial score (nSPS) is 14.9. The molecule has 3 aromatic rings. The van der Waals surface area contributed by atoms with Crippen molar-refractivity contribution in [1.82, 2.24) is 25.0 Å². The Kier molecular flexibility index (Phi) is 7.31. The minimum Gasteiger partial charge on any atom is -0.354 e. The van der Waals surface area contributed by atoms with Crippen molar-refractivity contribution in [2.24, 2.45) is 4.99 Å². The van der Waals surface area contributed by atoms with Gasteiger partial charge in [0.15, 0.2) is 0 Å². The summed E-state index contributed by atoms with van der Waals surface area (Å²) in [4.78, 5) is 25.8. The average molecular weight is 480 g/mol. The highest BCUT2D eigenvalue weighted by Gasteiger charge is 2.17. The predicted molar refractivity (Wildman–Crippen MR) is 133 cm³/mol. The number of amides is 1. The second-order valence-corrected chi connectivity index (χ2v) is 8.39. The van der Waals surface area contributed by atoms with Crippen molar-refractivity contribution in [3.63, 3.8) is 0 Å². The monoisotopic (exact) mass is 479 g/mol. The average Bonchev–Trinajstić information content (AvgIpc) is 3.36. The van der Waals surface area contributed by atoms with Crippen LogP contribution in [0.15, 0.2) is 59.7 Å². The van der Waals surface area contributed by atoms with Gasteiger partial charge in [-0.15, -0.1) is 0 Å². The molecule has 35 heavy (non-hydrogen) atoms. The third-order valence-corrected chi connectivity index (χ3v) is 5.95. The maximum atomic E-state index is 13.0. The Hall–Kier alpha value is -3.92. The topological polar surface area (TPSA) is 78.6 Å². The van der Waals surface area contributed by atoms with Gasteiger partial charge in [0.1, 0.15) is 11.6 Å². The molecular weight excluding hydrogens is 452 g/mol. The Morgan fingerprint density at radius 2 is 1.94 bits per heavy atom. The van der Waals surface area contributed by atoms with E-state index in [1.165, 1.54) is 12.4 Å². The maximum absolute atomic E-state index is 13.0. The molecule has 0 atom stereocenters. The molecule has 2 aromatic heterocycles. The molecule has 1 N–H and O–H groups in total. The van der Waals surface area contributed by atoms with Gasteiger partial charge in [-0.05, 0) is 61.7 Å². The number of likely N-dealkylation sites (N-methyl/N-ethyl adjacent to an activating group) is 1. The molecule has 10 heteroatoms. The van der Waals surface area contributed by atoms with Crippen LogP contribution in [0.3, 0.4) is 0 Å². The van der Waals surface area contributed by atoms with Crippen LogP contribution in [-0.2, 0) is 0 Å². The minimum absolute atomic E-state index is 0.275. The smallest absolute Gasteiger partial charge is 0.333 e. The van der Waals surface area contributed by atoms with E-state index in [2.05, 4.69) is 44.0 Å². The molecule has 1 aliphatic heterocycles. The molecule has 8 nitrogen and oxygen atoms in total. The maximum Gasteiger partial charge on any atom is 0.333 e. The van der Waals surface area contributed by atoms with Crippen LogP contribution in [0.2, 0.25) is 0 Å². The van der Waals surface area contributed by atoms with E-state index in [4.69, 9.17) is 0 Å². The van der Waals surface area contributed by atoms with E-state index < -0.39 is 6.55 Å². The molecule has 0 unspecified atom stereocenters. The van der Waals surface area contributed by atoms with E-state index >= 15 is 0 Å². The number of hydrogen-bond acceptors (Lipinski definition) is 6. The lowest BCUT2D eigenvalue weighted by atomic mass is 10.0. The molecule has 1 saturated heterocycles. The van der Waals surface area contributed by atoms with Crippen LogP contribution in [0.5, 0.6) is 0 Å². The number of aliphatic imine (C=N–C) groups is 1. The Morgan fingerprint density at radius 3 is 2.63 bits per heavy atom. The van der Waals surface area contributed by atoms with E-state index in [9.17, 15) is 13.6 Å². The molecule has 0 saturated carbocycles. The van der Waals surface area contributed by atoms with Crippen LogP contribution >= 0.6 is 0 Å². The lowest BCUT2D eigenvalue weighted by molar-refractivity contribution is 0.0566. The summed E-state index contributed by atoms with van der Waals surface area (Å²) in [5.41, 5.74) is 3.43. The Bertz CT molecular complexity index is 1250. The zero-order chi connectivity index (χ0) is 24.9. The number of halogens is 2. The van der Waals surface area contributed by atoms with Gasteiger partial charge in [0.2, 0.25) is 0 Å². The first-order chi connectivity index (χ1) is 16.8. The number of rotatable bonds is 7. The molecule has 1 aromatic carbocycles. The van der Waals surface area contributed by atoms with E-state index in [1.807, 2.05) is 25.1 Å². The van der Waals surface area contributed by atoms with Crippen LogP contribution in [0.25, 0.3) is 17.2 Å². The molecule has 1 aliphatic rings. The summed E-state index contributed by atoms with van der Waals surface area (Å²) < 4.78 is 26.4. The molecule has 0 spiro atoms. The highest BCUT2D eigenvalue weighted by atomic mass is 19.3. The van der Waals surface area contributed by atoms with Gasteiger partial charge in [-0.1, -0.05) is 12.1 Å². The second-order valence-electron chi connectivity index (χ2n) is 8.39. The number of carbonyl (C=O) groups is 1. The summed E-state index contributed by atoms with van der Waals surface area (Å²) in [6, 6.07) is 8.96. The van der Waals surface area contributed by atoms with Crippen molar-refractivity contribution in [3.05, 3.63) is 71.4 Å². The molecule has 0 aliphatic carbocycles. The number of anilines is 1. The van der Waals surface area contributed by atoms with Crippen molar-refractivity contribution in [2.75, 3.05) is 38.1 Å². The molecule has 1 fully saturated rings. The number of piperazine rings is 1. The second kappa shape index (κ2) is 10.6. The van der Waals surface area contributed by atoms with Gasteiger partial charge < -0.3 is 15.1 Å². The Morgan fingerprint density at radius 1 is 1.17 bits per heavy atom. The molecule has 0 radical (unpaired) electrons. The van der Waals surface area contributed by atoms with Crippen LogP contribution in [0.4, 0.5) is 14.6 Å². The number of carbonyl (C=O) groups excluding carboxylic acids is 1. The van der Waals surface area contributed by atoms with Gasteiger partial charge in [0, 0.05) is 49.7 Å². The minimum atomic E-state index is -2.70. The summed E-state index contributed by atoms with van der Waals surface area (Å²) in [6.45, 7) is 6.35. The van der Waals surface area contributed by atoms with E-state index in [0.717, 1.165) is 48.7 Å². The first kappa shape index (κ1) is 24.2. The van der Waals surface area contributed by atoms with Crippen LogP contribution in [0, 0.1) is 6.92 Å². The number of aryl methyl sites for hydroxylation is 1. The van der Waals surface area contributed by atoms with Gasteiger partial charge in [-0.25, -0.2) is 14.7 Å². The Balaban J connectivity index is 1.53. The van der Waals surface area contributed by atoms with Crippen molar-refractivity contribution in [2.45, 2.75) is 13.5 Å². The standard InChI is InChI=1S/C25H27F2N7O/c1-17-4-5-18(21-15-30-34(16-21)25(26)27)12-20(17)13-22(28-2)31-24(35)19-6-7-29-23(14-19)33-10-8-32(3)9-11-33/h4-7,12-16,25H,2,8-11H2,1,3H3,(H,31,35)/b22-13+. The van der Waals surface area contributed by atoms with Gasteiger partial charge >= 0.3 is 6.55 Å². The fraction of sp³-hybridized carbons (Fsp3) is 0.280. The summed E-state index contributed by atoms with van der Waals surface area (Å²) in [5, 5.41) is 6.49. The molecule has 1 amide bonds. The van der Waals surface area contributed by atoms with E-state index in [-0.39, 0.29) is 11.7 Å². The predicted octanol–water partition coefficient (Wildman–Crippen LogP) is 3.83. The summed E-state index contributed by atoms with van der Waals surface area (Å²) in [6.07, 6.45) is 6.00. The quantitative estimate of drug-likeness (QED) is 0.521. The fourth-order valence-corrected chi connectivity index (χ4v) is 3.79. The van der Waals surface area contributed by atoms with E-state index in [0.29, 0.717) is 15.8 Å². The third-order valence-electron chi connectivity index (χ3n) is 5.95. The summed E-state index contributed by atoms with van der Waals surface area (Å²) in [5.74, 6) is 0.709. The summed E-state index contributed by atoms with van der Waals surface area (Å²) in [7, 11) is 2.08. The zero-order valence-electron chi connectivity index (χ0n) is 19.7. The van der Waals surface area contributed by atoms with Crippen molar-refractivity contribution in [1.29, 1.82) is 0 Å². The molecule has 182 valence electrons. The lowest BCUT2D eigenvalue weighted by Crippen LogP contribution is -2.44. The number of nitrogens with one attached hydrogen (secondary N) is 1.